The Bertz CT molecular complexity index is 185. The van der Waals surface area contributed by atoms with Crippen LogP contribution in [0, 0.1) is 5.92 Å². The van der Waals surface area contributed by atoms with Gasteiger partial charge in [-0.2, -0.15) is 0 Å². The molecule has 0 fully saturated rings. The van der Waals surface area contributed by atoms with Crippen LogP contribution in [-0.2, 0) is 9.59 Å². The molecule has 0 saturated heterocycles. The molecule has 1 atom stereocenters. The molecule has 0 rings (SSSR count). The Labute approximate surface area is 76.3 Å². The molecule has 13 heavy (non-hydrogen) atoms. The minimum atomic E-state index is -0.956. The molecule has 0 aromatic rings. The van der Waals surface area contributed by atoms with E-state index in [2.05, 4.69) is 6.58 Å². The quantitative estimate of drug-likeness (QED) is 0.558. The molecule has 0 saturated carbocycles. The number of aliphatic hydroxyl groups excluding tert-OH is 1. The van der Waals surface area contributed by atoms with Crippen LogP contribution in [0.5, 0.6) is 0 Å². The van der Waals surface area contributed by atoms with Crippen molar-refractivity contribution in [3.8, 4) is 0 Å². The van der Waals surface area contributed by atoms with Gasteiger partial charge in [0.05, 0.1) is 12.5 Å². The summed E-state index contributed by atoms with van der Waals surface area (Å²) in [5, 5.41) is 24.0. The van der Waals surface area contributed by atoms with Gasteiger partial charge in [0.2, 0.25) is 0 Å². The Morgan fingerprint density at radius 2 is 1.69 bits per heavy atom. The fourth-order valence-electron chi connectivity index (χ4n) is 0.0781. The highest BCUT2D eigenvalue weighted by Crippen LogP contribution is 1.88. The standard InChI is InChI=1S/C4H8O3.C4H6O2/c1-3(2-5)4(6)7;1-3(2)4(5)6/h3,5H,2H2,1H3,(H,6,7);1H2,2H3,(H,5,6). The third-order valence-corrected chi connectivity index (χ3v) is 1.06. The Morgan fingerprint density at radius 1 is 1.38 bits per heavy atom. The smallest absolute Gasteiger partial charge is 0.330 e. The Kier molecular flexibility index (Phi) is 7.96. The topological polar surface area (TPSA) is 94.8 Å². The SMILES string of the molecule is C=C(C)C(=O)O.CC(CO)C(=O)O. The van der Waals surface area contributed by atoms with Crippen LogP contribution >= 0.6 is 0 Å². The van der Waals surface area contributed by atoms with E-state index in [1.54, 1.807) is 0 Å². The number of rotatable bonds is 3. The van der Waals surface area contributed by atoms with Crippen molar-refractivity contribution in [3.63, 3.8) is 0 Å². The van der Waals surface area contributed by atoms with Crippen LogP contribution in [0.15, 0.2) is 12.2 Å². The number of aliphatic carboxylic acids is 2. The van der Waals surface area contributed by atoms with E-state index in [0.717, 1.165) is 0 Å². The average molecular weight is 190 g/mol. The molecule has 0 aromatic heterocycles. The molecule has 0 heterocycles. The molecule has 1 unspecified atom stereocenters. The van der Waals surface area contributed by atoms with Gasteiger partial charge >= 0.3 is 11.9 Å². The molecular formula is C8H14O5. The minimum Gasteiger partial charge on any atom is -0.481 e. The molecule has 0 bridgehead atoms. The Hall–Kier alpha value is -1.36. The second-order valence-corrected chi connectivity index (χ2v) is 2.51. The van der Waals surface area contributed by atoms with Gasteiger partial charge in [0, 0.05) is 5.57 Å². The van der Waals surface area contributed by atoms with Crippen LogP contribution in [0.4, 0.5) is 0 Å². The third-order valence-electron chi connectivity index (χ3n) is 1.06. The number of carboxylic acids is 2. The van der Waals surface area contributed by atoms with E-state index in [1.807, 2.05) is 0 Å². The molecule has 0 aliphatic rings. The summed E-state index contributed by atoms with van der Waals surface area (Å²) in [4.78, 5) is 19.4. The average Bonchev–Trinajstić information content (AvgIpc) is 2.03. The van der Waals surface area contributed by atoms with Gasteiger partial charge in [-0.1, -0.05) is 6.58 Å². The number of aliphatic hydroxyl groups is 1. The zero-order chi connectivity index (χ0) is 11.0. The van der Waals surface area contributed by atoms with Crippen LogP contribution in [-0.4, -0.2) is 33.9 Å². The van der Waals surface area contributed by atoms with Gasteiger partial charge in [-0.3, -0.25) is 4.79 Å². The first-order valence-corrected chi connectivity index (χ1v) is 3.55. The van der Waals surface area contributed by atoms with Crippen molar-refractivity contribution in [1.82, 2.24) is 0 Å². The fraction of sp³-hybridized carbons (Fsp3) is 0.500. The zero-order valence-corrected chi connectivity index (χ0v) is 7.65. The molecule has 5 nitrogen and oxygen atoms in total. The van der Waals surface area contributed by atoms with E-state index in [9.17, 15) is 9.59 Å². The van der Waals surface area contributed by atoms with E-state index >= 15 is 0 Å². The maximum Gasteiger partial charge on any atom is 0.330 e. The van der Waals surface area contributed by atoms with E-state index < -0.39 is 17.9 Å². The van der Waals surface area contributed by atoms with Crippen LogP contribution in [0.2, 0.25) is 0 Å². The minimum absolute atomic E-state index is 0.176. The monoisotopic (exact) mass is 190 g/mol. The summed E-state index contributed by atoms with van der Waals surface area (Å²) in [6.07, 6.45) is 0. The van der Waals surface area contributed by atoms with Crippen LogP contribution < -0.4 is 0 Å². The van der Waals surface area contributed by atoms with E-state index in [4.69, 9.17) is 15.3 Å². The first kappa shape index (κ1) is 14.2. The Balaban J connectivity index is 0. The zero-order valence-electron chi connectivity index (χ0n) is 7.65. The van der Waals surface area contributed by atoms with Crippen molar-refractivity contribution >= 4 is 11.9 Å². The Morgan fingerprint density at radius 3 is 1.69 bits per heavy atom. The summed E-state index contributed by atoms with van der Waals surface area (Å²) < 4.78 is 0. The number of hydrogen-bond acceptors (Lipinski definition) is 3. The number of carboxylic acid groups (broad SMARTS) is 2. The molecule has 76 valence electrons. The largest absolute Gasteiger partial charge is 0.481 e. The summed E-state index contributed by atoms with van der Waals surface area (Å²) in [6.45, 7) is 5.77. The van der Waals surface area contributed by atoms with Crippen molar-refractivity contribution in [3.05, 3.63) is 12.2 Å². The van der Waals surface area contributed by atoms with Crippen LogP contribution in [0.25, 0.3) is 0 Å². The lowest BCUT2D eigenvalue weighted by Gasteiger charge is -1.95. The van der Waals surface area contributed by atoms with Crippen LogP contribution in [0.3, 0.4) is 0 Å². The summed E-state index contributed by atoms with van der Waals surface area (Å²) in [6, 6.07) is 0. The van der Waals surface area contributed by atoms with Crippen molar-refractivity contribution < 1.29 is 24.9 Å². The van der Waals surface area contributed by atoms with Gasteiger partial charge in [0.15, 0.2) is 0 Å². The molecule has 3 N–H and O–H groups in total. The summed E-state index contributed by atoms with van der Waals surface area (Å²) >= 11 is 0. The molecule has 0 amide bonds. The molecule has 0 aliphatic carbocycles. The maximum atomic E-state index is 9.77. The lowest BCUT2D eigenvalue weighted by Crippen LogP contribution is -2.12. The van der Waals surface area contributed by atoms with Gasteiger partial charge in [-0.25, -0.2) is 4.79 Å². The van der Waals surface area contributed by atoms with Crippen LogP contribution in [0.1, 0.15) is 13.8 Å². The summed E-state index contributed by atoms with van der Waals surface area (Å²) in [5.41, 5.74) is 0.176. The second kappa shape index (κ2) is 7.30. The second-order valence-electron chi connectivity index (χ2n) is 2.51. The first-order valence-electron chi connectivity index (χ1n) is 3.55. The van der Waals surface area contributed by atoms with E-state index in [0.29, 0.717) is 0 Å². The van der Waals surface area contributed by atoms with Crippen molar-refractivity contribution in [1.29, 1.82) is 0 Å². The van der Waals surface area contributed by atoms with Crippen molar-refractivity contribution in [2.75, 3.05) is 6.61 Å². The summed E-state index contributed by atoms with van der Waals surface area (Å²) in [5.74, 6) is -2.52. The lowest BCUT2D eigenvalue weighted by atomic mass is 10.2. The predicted molar refractivity (Wildman–Crippen MR) is 46.3 cm³/mol. The highest BCUT2D eigenvalue weighted by Gasteiger charge is 2.06. The van der Waals surface area contributed by atoms with Gasteiger partial charge in [0.25, 0.3) is 0 Å². The van der Waals surface area contributed by atoms with Gasteiger partial charge in [-0.15, -0.1) is 0 Å². The number of hydrogen-bond donors (Lipinski definition) is 3. The summed E-state index contributed by atoms with van der Waals surface area (Å²) in [7, 11) is 0. The highest BCUT2D eigenvalue weighted by atomic mass is 16.4. The maximum absolute atomic E-state index is 9.77. The highest BCUT2D eigenvalue weighted by molar-refractivity contribution is 5.84. The third kappa shape index (κ3) is 10.6. The van der Waals surface area contributed by atoms with Gasteiger partial charge in [-0.05, 0) is 13.8 Å². The van der Waals surface area contributed by atoms with Gasteiger partial charge in [0.1, 0.15) is 0 Å². The normalized spacial score (nSPS) is 10.7. The van der Waals surface area contributed by atoms with Crippen molar-refractivity contribution in [2.45, 2.75) is 13.8 Å². The molecule has 0 aliphatic heterocycles. The molecule has 5 heteroatoms. The van der Waals surface area contributed by atoms with E-state index in [-0.39, 0.29) is 12.2 Å². The molecule has 0 aromatic carbocycles. The van der Waals surface area contributed by atoms with Crippen molar-refractivity contribution in [2.24, 2.45) is 5.92 Å². The molecule has 0 radical (unpaired) electrons. The fourth-order valence-corrected chi connectivity index (χ4v) is 0.0781. The van der Waals surface area contributed by atoms with E-state index in [1.165, 1.54) is 13.8 Å². The number of carbonyl (C=O) groups is 2. The molecule has 0 spiro atoms. The lowest BCUT2D eigenvalue weighted by molar-refractivity contribution is -0.142. The molecular weight excluding hydrogens is 176 g/mol. The van der Waals surface area contributed by atoms with Gasteiger partial charge < -0.3 is 15.3 Å². The first-order chi connectivity index (χ1) is 5.82. The predicted octanol–water partition coefficient (Wildman–Crippen LogP) is 0.346.